The molecule has 2 unspecified atom stereocenters. The summed E-state index contributed by atoms with van der Waals surface area (Å²) in [4.78, 5) is 19.8. The van der Waals surface area contributed by atoms with Crippen LogP contribution in [0.4, 0.5) is 0 Å². The summed E-state index contributed by atoms with van der Waals surface area (Å²) in [6.45, 7) is 7.91. The van der Waals surface area contributed by atoms with Crippen LogP contribution in [0, 0.1) is 11.3 Å². The van der Waals surface area contributed by atoms with Crippen LogP contribution in [-0.2, 0) is 4.79 Å². The highest BCUT2D eigenvalue weighted by Gasteiger charge is 2.55. The van der Waals surface area contributed by atoms with E-state index in [1.54, 1.807) is 0 Å². The molecule has 3 aliphatic rings. The Bertz CT molecular complexity index is 577. The van der Waals surface area contributed by atoms with Crippen molar-refractivity contribution < 1.29 is 4.79 Å². The van der Waals surface area contributed by atoms with Crippen LogP contribution in [0.5, 0.6) is 0 Å². The van der Waals surface area contributed by atoms with Crippen LogP contribution in [0.1, 0.15) is 50.8 Å². The van der Waals surface area contributed by atoms with Gasteiger partial charge in [0.25, 0.3) is 0 Å². The molecule has 0 bridgehead atoms. The second-order valence-electron chi connectivity index (χ2n) is 7.62. The molecule has 1 spiro atoms. The number of aromatic nitrogens is 2. The quantitative estimate of drug-likeness (QED) is 0.922. The molecule has 4 rings (SSSR count). The molecule has 1 saturated carbocycles. The van der Waals surface area contributed by atoms with Gasteiger partial charge in [-0.1, -0.05) is 0 Å². The van der Waals surface area contributed by atoms with Crippen molar-refractivity contribution >= 4 is 5.91 Å². The number of hydrogen-bond acceptors (Lipinski definition) is 3. The van der Waals surface area contributed by atoms with E-state index in [9.17, 15) is 4.79 Å². The normalized spacial score (nSPS) is 31.9. The van der Waals surface area contributed by atoms with E-state index in [4.69, 9.17) is 0 Å². The standard InChI is InChI=1S/C17H26N4O/c1-12(2)21-9-15(19-11-21)14-7-18-10-17(14)5-6-20(16(17)22)8-13-3-4-13/h9,11-14,18H,3-8,10H2,1-2H3. The molecule has 5 heteroatoms. The van der Waals surface area contributed by atoms with Gasteiger partial charge < -0.3 is 14.8 Å². The number of nitrogens with zero attached hydrogens (tertiary/aromatic N) is 3. The third-order valence-electron chi connectivity index (χ3n) is 5.75. The van der Waals surface area contributed by atoms with Gasteiger partial charge in [-0.05, 0) is 39.0 Å². The summed E-state index contributed by atoms with van der Waals surface area (Å²) < 4.78 is 2.14. The zero-order valence-corrected chi connectivity index (χ0v) is 13.6. The van der Waals surface area contributed by atoms with Crippen molar-refractivity contribution in [2.45, 2.75) is 45.1 Å². The molecule has 3 fully saturated rings. The average Bonchev–Trinajstić information content (AvgIpc) is 2.92. The second-order valence-corrected chi connectivity index (χ2v) is 7.62. The van der Waals surface area contributed by atoms with Gasteiger partial charge in [0.15, 0.2) is 0 Å². The molecule has 1 amide bonds. The number of rotatable bonds is 4. The van der Waals surface area contributed by atoms with E-state index in [0.717, 1.165) is 44.2 Å². The summed E-state index contributed by atoms with van der Waals surface area (Å²) in [6.07, 6.45) is 7.63. The molecule has 22 heavy (non-hydrogen) atoms. The van der Waals surface area contributed by atoms with E-state index in [1.807, 2.05) is 6.33 Å². The molecule has 0 radical (unpaired) electrons. The SMILES string of the molecule is CC(C)n1cnc(C2CNCC23CCN(CC2CC2)C3=O)c1. The van der Waals surface area contributed by atoms with Gasteiger partial charge in [0.1, 0.15) is 0 Å². The maximum atomic E-state index is 13.1. The Kier molecular flexibility index (Phi) is 3.29. The molecule has 1 aromatic heterocycles. The van der Waals surface area contributed by atoms with E-state index in [2.05, 4.69) is 39.8 Å². The van der Waals surface area contributed by atoms with E-state index in [1.165, 1.54) is 12.8 Å². The first-order chi connectivity index (χ1) is 10.6. The van der Waals surface area contributed by atoms with E-state index >= 15 is 0 Å². The lowest BCUT2D eigenvalue weighted by molar-refractivity contribution is -0.136. The first-order valence-electron chi connectivity index (χ1n) is 8.63. The summed E-state index contributed by atoms with van der Waals surface area (Å²) in [6, 6.07) is 0.414. The minimum atomic E-state index is -0.245. The van der Waals surface area contributed by atoms with Crippen molar-refractivity contribution in [3.05, 3.63) is 18.2 Å². The number of imidazole rings is 1. The topological polar surface area (TPSA) is 50.2 Å². The number of carbonyl (C=O) groups excluding carboxylic acids is 1. The Morgan fingerprint density at radius 2 is 2.27 bits per heavy atom. The Morgan fingerprint density at radius 1 is 1.45 bits per heavy atom. The van der Waals surface area contributed by atoms with Crippen LogP contribution in [0.3, 0.4) is 0 Å². The first-order valence-corrected chi connectivity index (χ1v) is 8.63. The van der Waals surface area contributed by atoms with Crippen LogP contribution in [0.2, 0.25) is 0 Å². The van der Waals surface area contributed by atoms with Gasteiger partial charge in [-0.2, -0.15) is 0 Å². The molecule has 2 atom stereocenters. The molecule has 1 N–H and O–H groups in total. The number of hydrogen-bond donors (Lipinski definition) is 1. The fraction of sp³-hybridized carbons (Fsp3) is 0.765. The Balaban J connectivity index is 1.58. The van der Waals surface area contributed by atoms with Gasteiger partial charge in [0.05, 0.1) is 17.4 Å². The molecular formula is C17H26N4O. The van der Waals surface area contributed by atoms with Crippen molar-refractivity contribution in [1.29, 1.82) is 0 Å². The molecule has 3 heterocycles. The second kappa shape index (κ2) is 5.08. The number of nitrogens with one attached hydrogen (secondary N) is 1. The molecule has 5 nitrogen and oxygen atoms in total. The number of likely N-dealkylation sites (tertiary alicyclic amines) is 1. The predicted molar refractivity (Wildman–Crippen MR) is 84.6 cm³/mol. The first kappa shape index (κ1) is 14.2. The van der Waals surface area contributed by atoms with E-state index in [0.29, 0.717) is 11.9 Å². The Labute approximate surface area is 132 Å². The van der Waals surface area contributed by atoms with Gasteiger partial charge >= 0.3 is 0 Å². The van der Waals surface area contributed by atoms with E-state index < -0.39 is 0 Å². The molecule has 0 aromatic carbocycles. The van der Waals surface area contributed by atoms with Crippen LogP contribution in [0.25, 0.3) is 0 Å². The van der Waals surface area contributed by atoms with Crippen molar-refractivity contribution in [3.8, 4) is 0 Å². The largest absolute Gasteiger partial charge is 0.342 e. The highest BCUT2D eigenvalue weighted by atomic mass is 16.2. The zero-order chi connectivity index (χ0) is 15.3. The minimum absolute atomic E-state index is 0.226. The lowest BCUT2D eigenvalue weighted by atomic mass is 9.75. The van der Waals surface area contributed by atoms with Crippen LogP contribution in [-0.4, -0.2) is 46.5 Å². The van der Waals surface area contributed by atoms with Gasteiger partial charge in [-0.15, -0.1) is 0 Å². The monoisotopic (exact) mass is 302 g/mol. The fourth-order valence-corrected chi connectivity index (χ4v) is 4.09. The van der Waals surface area contributed by atoms with Gasteiger partial charge in [-0.3, -0.25) is 4.79 Å². The van der Waals surface area contributed by atoms with Crippen molar-refractivity contribution in [1.82, 2.24) is 19.8 Å². The highest BCUT2D eigenvalue weighted by molar-refractivity contribution is 5.86. The molecule has 1 aliphatic carbocycles. The summed E-state index contributed by atoms with van der Waals surface area (Å²) in [7, 11) is 0. The third kappa shape index (κ3) is 2.18. The van der Waals surface area contributed by atoms with Crippen molar-refractivity contribution in [3.63, 3.8) is 0 Å². The molecule has 2 saturated heterocycles. The minimum Gasteiger partial charge on any atom is -0.342 e. The summed E-state index contributed by atoms with van der Waals surface area (Å²) in [5.74, 6) is 1.37. The summed E-state index contributed by atoms with van der Waals surface area (Å²) in [5, 5.41) is 3.47. The molecule has 1 aromatic rings. The van der Waals surface area contributed by atoms with Crippen LogP contribution >= 0.6 is 0 Å². The van der Waals surface area contributed by atoms with Gasteiger partial charge in [0.2, 0.25) is 5.91 Å². The van der Waals surface area contributed by atoms with Crippen molar-refractivity contribution in [2.24, 2.45) is 11.3 Å². The van der Waals surface area contributed by atoms with Gasteiger partial charge in [0, 0.05) is 44.3 Å². The lowest BCUT2D eigenvalue weighted by Gasteiger charge is -2.28. The Morgan fingerprint density at radius 3 is 2.95 bits per heavy atom. The maximum absolute atomic E-state index is 13.1. The number of amides is 1. The third-order valence-corrected chi connectivity index (χ3v) is 5.75. The van der Waals surface area contributed by atoms with E-state index in [-0.39, 0.29) is 11.3 Å². The molecule has 120 valence electrons. The van der Waals surface area contributed by atoms with Crippen LogP contribution in [0.15, 0.2) is 12.5 Å². The summed E-state index contributed by atoms with van der Waals surface area (Å²) in [5.41, 5.74) is 0.839. The number of carbonyl (C=O) groups is 1. The highest BCUT2D eigenvalue weighted by Crippen LogP contribution is 2.47. The van der Waals surface area contributed by atoms with Crippen molar-refractivity contribution in [2.75, 3.05) is 26.2 Å². The zero-order valence-electron chi connectivity index (χ0n) is 13.6. The smallest absolute Gasteiger partial charge is 0.230 e. The maximum Gasteiger partial charge on any atom is 0.230 e. The molecule has 2 aliphatic heterocycles. The lowest BCUT2D eigenvalue weighted by Crippen LogP contribution is -2.40. The molecular weight excluding hydrogens is 276 g/mol. The average molecular weight is 302 g/mol. The van der Waals surface area contributed by atoms with Crippen LogP contribution < -0.4 is 5.32 Å². The van der Waals surface area contributed by atoms with Gasteiger partial charge in [-0.25, -0.2) is 4.98 Å². The fourth-order valence-electron chi connectivity index (χ4n) is 4.09. The summed E-state index contributed by atoms with van der Waals surface area (Å²) >= 11 is 0. The Hall–Kier alpha value is -1.36. The predicted octanol–water partition coefficient (Wildman–Crippen LogP) is 1.78.